The van der Waals surface area contributed by atoms with Crippen molar-refractivity contribution in [2.45, 2.75) is 13.5 Å². The third kappa shape index (κ3) is 2.58. The first kappa shape index (κ1) is 13.9. The number of hydrogen-bond donors (Lipinski definition) is 1. The number of halogens is 1. The summed E-state index contributed by atoms with van der Waals surface area (Å²) in [6, 6.07) is 15.2. The second-order valence-corrected chi connectivity index (χ2v) is 5.26. The number of aliphatic hydroxyl groups excluding tert-OH is 1. The van der Waals surface area contributed by atoms with E-state index in [1.165, 1.54) is 0 Å². The van der Waals surface area contributed by atoms with Gasteiger partial charge in [0.05, 0.1) is 12.2 Å². The summed E-state index contributed by atoms with van der Waals surface area (Å²) in [7, 11) is 0. The summed E-state index contributed by atoms with van der Waals surface area (Å²) < 4.78 is 5.49. The zero-order valence-corrected chi connectivity index (χ0v) is 12.3. The fourth-order valence-electron chi connectivity index (χ4n) is 2.36. The summed E-state index contributed by atoms with van der Waals surface area (Å²) in [6.45, 7) is 1.85. The maximum atomic E-state index is 9.74. The second-order valence-electron chi connectivity index (χ2n) is 4.82. The molecule has 0 atom stereocenters. The molecule has 1 N–H and O–H groups in total. The van der Waals surface area contributed by atoms with Crippen LogP contribution in [0.3, 0.4) is 0 Å². The van der Waals surface area contributed by atoms with Crippen molar-refractivity contribution in [1.29, 1.82) is 0 Å². The number of aliphatic hydroxyl groups is 1. The molecular weight excluding hydrogens is 286 g/mol. The number of hydrogen-bond acceptors (Lipinski definition) is 3. The highest BCUT2D eigenvalue weighted by molar-refractivity contribution is 6.30. The van der Waals surface area contributed by atoms with E-state index in [1.54, 1.807) is 12.1 Å². The summed E-state index contributed by atoms with van der Waals surface area (Å²) in [5.74, 6) is 0.602. The monoisotopic (exact) mass is 299 g/mol. The Morgan fingerprint density at radius 1 is 1.14 bits per heavy atom. The lowest BCUT2D eigenvalue weighted by molar-refractivity contribution is 0.281. The molecule has 106 valence electrons. The van der Waals surface area contributed by atoms with Crippen LogP contribution in [-0.4, -0.2) is 10.3 Å². The molecule has 1 aromatic heterocycles. The fourth-order valence-corrected chi connectivity index (χ4v) is 2.55. The van der Waals surface area contributed by atoms with Gasteiger partial charge in [0.2, 0.25) is 0 Å². The molecule has 0 amide bonds. The molecule has 21 heavy (non-hydrogen) atoms. The molecule has 0 aliphatic heterocycles. The second kappa shape index (κ2) is 5.72. The van der Waals surface area contributed by atoms with Crippen LogP contribution in [0.5, 0.6) is 0 Å². The van der Waals surface area contributed by atoms with E-state index in [0.29, 0.717) is 22.0 Å². The van der Waals surface area contributed by atoms with Crippen LogP contribution in [0.25, 0.3) is 22.6 Å². The maximum Gasteiger partial charge on any atom is 0.173 e. The molecule has 0 saturated heterocycles. The molecule has 0 fully saturated rings. The molecule has 3 aromatic rings. The number of aryl methyl sites for hydroxylation is 1. The summed E-state index contributed by atoms with van der Waals surface area (Å²) in [6.07, 6.45) is 0. The standard InChI is InChI=1S/C17H14ClNO2/c1-11-5-2-3-8-14(11)17-15(10-20)16(19-21-17)12-6-4-7-13(18)9-12/h2-9,20H,10H2,1H3. The van der Waals surface area contributed by atoms with Gasteiger partial charge in [0, 0.05) is 16.1 Å². The van der Waals surface area contributed by atoms with Gasteiger partial charge in [-0.25, -0.2) is 0 Å². The van der Waals surface area contributed by atoms with Crippen molar-refractivity contribution in [1.82, 2.24) is 5.16 Å². The smallest absolute Gasteiger partial charge is 0.173 e. The van der Waals surface area contributed by atoms with Crippen LogP contribution in [0.4, 0.5) is 0 Å². The Kier molecular flexibility index (Phi) is 3.78. The number of nitrogens with zero attached hydrogens (tertiary/aromatic N) is 1. The van der Waals surface area contributed by atoms with Crippen LogP contribution in [0, 0.1) is 6.92 Å². The first-order chi connectivity index (χ1) is 10.2. The van der Waals surface area contributed by atoms with E-state index < -0.39 is 0 Å². The maximum absolute atomic E-state index is 9.74. The Morgan fingerprint density at radius 2 is 1.95 bits per heavy atom. The molecular formula is C17H14ClNO2. The summed E-state index contributed by atoms with van der Waals surface area (Å²) >= 11 is 6.02. The van der Waals surface area contributed by atoms with Gasteiger partial charge in [-0.3, -0.25) is 0 Å². The van der Waals surface area contributed by atoms with E-state index in [-0.39, 0.29) is 6.61 Å². The zero-order valence-electron chi connectivity index (χ0n) is 11.5. The molecule has 0 spiro atoms. The van der Waals surface area contributed by atoms with Gasteiger partial charge in [-0.2, -0.15) is 0 Å². The lowest BCUT2D eigenvalue weighted by atomic mass is 10.00. The van der Waals surface area contributed by atoms with E-state index in [2.05, 4.69) is 5.16 Å². The van der Waals surface area contributed by atoms with Crippen molar-refractivity contribution in [2.75, 3.05) is 0 Å². The zero-order chi connectivity index (χ0) is 14.8. The average Bonchev–Trinajstić information content (AvgIpc) is 2.91. The van der Waals surface area contributed by atoms with Crippen molar-refractivity contribution in [3.8, 4) is 22.6 Å². The highest BCUT2D eigenvalue weighted by Gasteiger charge is 2.19. The van der Waals surface area contributed by atoms with Crippen molar-refractivity contribution in [2.24, 2.45) is 0 Å². The van der Waals surface area contributed by atoms with Crippen molar-refractivity contribution in [3.05, 3.63) is 64.7 Å². The number of benzene rings is 2. The number of aromatic nitrogens is 1. The highest BCUT2D eigenvalue weighted by Crippen LogP contribution is 2.34. The van der Waals surface area contributed by atoms with Gasteiger partial charge in [0.15, 0.2) is 5.76 Å². The molecule has 0 unspecified atom stereocenters. The quantitative estimate of drug-likeness (QED) is 0.776. The third-order valence-corrected chi connectivity index (χ3v) is 3.67. The molecule has 2 aromatic carbocycles. The Balaban J connectivity index is 2.16. The van der Waals surface area contributed by atoms with Crippen molar-refractivity contribution in [3.63, 3.8) is 0 Å². The molecule has 4 heteroatoms. The van der Waals surface area contributed by atoms with Gasteiger partial charge in [-0.1, -0.05) is 53.2 Å². The van der Waals surface area contributed by atoms with Crippen molar-refractivity contribution >= 4 is 11.6 Å². The molecule has 3 nitrogen and oxygen atoms in total. The Bertz CT molecular complexity index is 780. The summed E-state index contributed by atoms with van der Waals surface area (Å²) in [5.41, 5.74) is 4.13. The molecule has 0 aliphatic carbocycles. The minimum atomic E-state index is -0.144. The van der Waals surface area contributed by atoms with Crippen LogP contribution < -0.4 is 0 Å². The minimum Gasteiger partial charge on any atom is -0.391 e. The van der Waals surface area contributed by atoms with Gasteiger partial charge >= 0.3 is 0 Å². The molecule has 3 rings (SSSR count). The lowest BCUT2D eigenvalue weighted by Gasteiger charge is -2.04. The number of rotatable bonds is 3. The summed E-state index contributed by atoms with van der Waals surface area (Å²) in [4.78, 5) is 0. The van der Waals surface area contributed by atoms with E-state index in [1.807, 2.05) is 43.3 Å². The predicted octanol–water partition coefficient (Wildman–Crippen LogP) is 4.46. The van der Waals surface area contributed by atoms with E-state index in [9.17, 15) is 5.11 Å². The SMILES string of the molecule is Cc1ccccc1-c1onc(-c2cccc(Cl)c2)c1CO. The fraction of sp³-hybridized carbons (Fsp3) is 0.118. The van der Waals surface area contributed by atoms with Crippen molar-refractivity contribution < 1.29 is 9.63 Å². The Labute approximate surface area is 127 Å². The van der Waals surface area contributed by atoms with Gasteiger partial charge in [0.1, 0.15) is 5.69 Å². The van der Waals surface area contributed by atoms with Gasteiger partial charge in [-0.15, -0.1) is 0 Å². The van der Waals surface area contributed by atoms with Gasteiger partial charge in [-0.05, 0) is 24.6 Å². The van der Waals surface area contributed by atoms with Crippen LogP contribution in [-0.2, 0) is 6.61 Å². The van der Waals surface area contributed by atoms with Crippen LogP contribution in [0.1, 0.15) is 11.1 Å². The normalized spacial score (nSPS) is 10.8. The van der Waals surface area contributed by atoms with E-state index in [4.69, 9.17) is 16.1 Å². The lowest BCUT2D eigenvalue weighted by Crippen LogP contribution is -1.90. The third-order valence-electron chi connectivity index (χ3n) is 3.43. The van der Waals surface area contributed by atoms with Crippen LogP contribution in [0.15, 0.2) is 53.1 Å². The largest absolute Gasteiger partial charge is 0.391 e. The van der Waals surface area contributed by atoms with Gasteiger partial charge < -0.3 is 9.63 Å². The van der Waals surface area contributed by atoms with Crippen LogP contribution >= 0.6 is 11.6 Å². The van der Waals surface area contributed by atoms with Crippen LogP contribution in [0.2, 0.25) is 5.02 Å². The van der Waals surface area contributed by atoms with E-state index in [0.717, 1.165) is 16.7 Å². The molecule has 1 heterocycles. The Morgan fingerprint density at radius 3 is 2.67 bits per heavy atom. The molecule has 0 bridgehead atoms. The molecule has 0 radical (unpaired) electrons. The minimum absolute atomic E-state index is 0.144. The van der Waals surface area contributed by atoms with E-state index >= 15 is 0 Å². The molecule has 0 saturated carbocycles. The Hall–Kier alpha value is -2.10. The first-order valence-corrected chi connectivity index (χ1v) is 7.00. The topological polar surface area (TPSA) is 46.3 Å². The average molecular weight is 300 g/mol. The molecule has 0 aliphatic rings. The summed E-state index contributed by atoms with van der Waals surface area (Å²) in [5, 5.41) is 14.5. The predicted molar refractivity (Wildman–Crippen MR) is 83.0 cm³/mol. The first-order valence-electron chi connectivity index (χ1n) is 6.62. The van der Waals surface area contributed by atoms with Gasteiger partial charge in [0.25, 0.3) is 0 Å². The highest BCUT2D eigenvalue weighted by atomic mass is 35.5.